The molecule has 0 aliphatic rings. The second-order valence-electron chi connectivity index (χ2n) is 7.87. The summed E-state index contributed by atoms with van der Waals surface area (Å²) in [4.78, 5) is 5.65. The number of oxime groups is 1. The van der Waals surface area contributed by atoms with Crippen LogP contribution in [0.1, 0.15) is 23.7 Å². The molecule has 0 unspecified atom stereocenters. The molecule has 6 heteroatoms. The van der Waals surface area contributed by atoms with Crippen molar-refractivity contribution in [1.82, 2.24) is 4.57 Å². The van der Waals surface area contributed by atoms with E-state index in [2.05, 4.69) is 15.8 Å². The number of benzene rings is 3. The molecule has 4 aromatic rings. The molecule has 0 spiro atoms. The van der Waals surface area contributed by atoms with Gasteiger partial charge in [-0.2, -0.15) is 0 Å². The summed E-state index contributed by atoms with van der Waals surface area (Å²) in [6.07, 6.45) is 0. The minimum atomic E-state index is -0.273. The van der Waals surface area contributed by atoms with Gasteiger partial charge in [0.25, 0.3) is 0 Å². The molecule has 1 heterocycles. The zero-order valence-electron chi connectivity index (χ0n) is 19.7. The van der Waals surface area contributed by atoms with E-state index < -0.39 is 0 Å². The standard InChI is InChI=1S/C28H27FN2O3/c1-19(30-34-18-21-8-14-25(32-3)15-9-21)27-17-28(22-10-12-23(29)13-11-22)31(20(27)2)24-6-5-7-26(16-24)33-4/h5-17H,18H2,1-4H3/b30-19+. The van der Waals surface area contributed by atoms with Gasteiger partial charge in [-0.05, 0) is 79.6 Å². The number of hydrogen-bond donors (Lipinski definition) is 0. The molecule has 0 atom stereocenters. The van der Waals surface area contributed by atoms with Crippen molar-refractivity contribution in [2.75, 3.05) is 14.2 Å². The van der Waals surface area contributed by atoms with Crippen LogP contribution < -0.4 is 9.47 Å². The van der Waals surface area contributed by atoms with Crippen molar-refractivity contribution < 1.29 is 18.7 Å². The Kier molecular flexibility index (Phi) is 6.97. The van der Waals surface area contributed by atoms with Crippen molar-refractivity contribution in [3.63, 3.8) is 0 Å². The lowest BCUT2D eigenvalue weighted by Gasteiger charge is -2.13. The maximum atomic E-state index is 13.6. The zero-order chi connectivity index (χ0) is 24.1. The van der Waals surface area contributed by atoms with Gasteiger partial charge in [-0.25, -0.2) is 4.39 Å². The highest BCUT2D eigenvalue weighted by Gasteiger charge is 2.17. The van der Waals surface area contributed by atoms with E-state index in [0.29, 0.717) is 6.61 Å². The molecule has 1 aromatic heterocycles. The highest BCUT2D eigenvalue weighted by Crippen LogP contribution is 2.31. The number of hydrogen-bond acceptors (Lipinski definition) is 4. The second kappa shape index (κ2) is 10.3. The smallest absolute Gasteiger partial charge is 0.142 e. The molecule has 0 fully saturated rings. The van der Waals surface area contributed by atoms with Gasteiger partial charge in [-0.3, -0.25) is 0 Å². The van der Waals surface area contributed by atoms with Crippen LogP contribution in [0.2, 0.25) is 0 Å². The first-order chi connectivity index (χ1) is 16.5. The summed E-state index contributed by atoms with van der Waals surface area (Å²) in [7, 11) is 3.28. The number of nitrogens with zero attached hydrogens (tertiary/aromatic N) is 2. The van der Waals surface area contributed by atoms with E-state index in [1.54, 1.807) is 26.4 Å². The molecule has 0 radical (unpaired) electrons. The van der Waals surface area contributed by atoms with Gasteiger partial charge >= 0.3 is 0 Å². The third kappa shape index (κ3) is 4.96. The van der Waals surface area contributed by atoms with Gasteiger partial charge in [0.05, 0.1) is 25.6 Å². The number of halogens is 1. The van der Waals surface area contributed by atoms with Crippen molar-refractivity contribution >= 4 is 5.71 Å². The molecule has 0 aliphatic heterocycles. The molecule has 0 saturated carbocycles. The number of rotatable bonds is 8. The SMILES string of the molecule is COc1ccc(CO/N=C(\C)c2cc(-c3ccc(F)cc3)n(-c3cccc(OC)c3)c2C)cc1. The van der Waals surface area contributed by atoms with Gasteiger partial charge in [0, 0.05) is 23.0 Å². The number of methoxy groups -OCH3 is 2. The molecule has 0 saturated heterocycles. The summed E-state index contributed by atoms with van der Waals surface area (Å²) in [5.41, 5.74) is 6.43. The fraction of sp³-hybridized carbons (Fsp3) is 0.179. The second-order valence-corrected chi connectivity index (χ2v) is 7.87. The predicted octanol–water partition coefficient (Wildman–Crippen LogP) is 6.55. The van der Waals surface area contributed by atoms with Crippen LogP contribution in [0.4, 0.5) is 4.39 Å². The van der Waals surface area contributed by atoms with Gasteiger partial charge in [0.15, 0.2) is 0 Å². The van der Waals surface area contributed by atoms with Crippen molar-refractivity contribution in [3.8, 4) is 28.4 Å². The Labute approximate surface area is 199 Å². The summed E-state index contributed by atoms with van der Waals surface area (Å²) in [6.45, 7) is 4.30. The highest BCUT2D eigenvalue weighted by molar-refractivity contribution is 6.01. The Morgan fingerprint density at radius 1 is 0.882 bits per heavy atom. The summed E-state index contributed by atoms with van der Waals surface area (Å²) < 4.78 is 26.3. The monoisotopic (exact) mass is 458 g/mol. The average Bonchev–Trinajstić information content (AvgIpc) is 3.22. The van der Waals surface area contributed by atoms with Crippen molar-refractivity contribution in [1.29, 1.82) is 0 Å². The van der Waals surface area contributed by atoms with Crippen LogP contribution in [-0.4, -0.2) is 24.5 Å². The van der Waals surface area contributed by atoms with E-state index >= 15 is 0 Å². The van der Waals surface area contributed by atoms with Crippen LogP contribution in [0, 0.1) is 12.7 Å². The van der Waals surface area contributed by atoms with Crippen LogP contribution in [-0.2, 0) is 11.4 Å². The highest BCUT2D eigenvalue weighted by atomic mass is 19.1. The normalized spacial score (nSPS) is 11.4. The Balaban J connectivity index is 1.69. The van der Waals surface area contributed by atoms with Crippen LogP contribution in [0.3, 0.4) is 0 Å². The largest absolute Gasteiger partial charge is 0.497 e. The molecule has 0 aliphatic carbocycles. The number of ether oxygens (including phenoxy) is 2. The van der Waals surface area contributed by atoms with E-state index in [0.717, 1.165) is 51.0 Å². The van der Waals surface area contributed by atoms with E-state index in [9.17, 15) is 4.39 Å². The lowest BCUT2D eigenvalue weighted by atomic mass is 10.1. The molecule has 34 heavy (non-hydrogen) atoms. The molecule has 4 rings (SSSR count). The maximum absolute atomic E-state index is 13.6. The van der Waals surface area contributed by atoms with E-state index in [1.807, 2.05) is 62.4 Å². The van der Waals surface area contributed by atoms with Crippen LogP contribution in [0.15, 0.2) is 84.0 Å². The molecular weight excluding hydrogens is 431 g/mol. The van der Waals surface area contributed by atoms with Crippen molar-refractivity contribution in [3.05, 3.63) is 102 Å². The predicted molar refractivity (Wildman–Crippen MR) is 132 cm³/mol. The Hall–Kier alpha value is -4.06. The van der Waals surface area contributed by atoms with Crippen molar-refractivity contribution in [2.24, 2.45) is 5.16 Å². The first-order valence-electron chi connectivity index (χ1n) is 10.9. The van der Waals surface area contributed by atoms with E-state index in [-0.39, 0.29) is 5.82 Å². The third-order valence-corrected chi connectivity index (χ3v) is 5.68. The molecule has 0 bridgehead atoms. The fourth-order valence-electron chi connectivity index (χ4n) is 3.86. The lowest BCUT2D eigenvalue weighted by molar-refractivity contribution is 0.130. The Morgan fingerprint density at radius 2 is 1.59 bits per heavy atom. The maximum Gasteiger partial charge on any atom is 0.142 e. The molecule has 0 amide bonds. The lowest BCUT2D eigenvalue weighted by Crippen LogP contribution is -2.03. The van der Waals surface area contributed by atoms with E-state index in [4.69, 9.17) is 14.3 Å². The fourth-order valence-corrected chi connectivity index (χ4v) is 3.86. The number of aromatic nitrogens is 1. The minimum Gasteiger partial charge on any atom is -0.497 e. The van der Waals surface area contributed by atoms with Crippen molar-refractivity contribution in [2.45, 2.75) is 20.5 Å². The first kappa shape index (κ1) is 23.1. The topological polar surface area (TPSA) is 45.0 Å². The molecule has 3 aromatic carbocycles. The Bertz CT molecular complexity index is 1290. The van der Waals surface area contributed by atoms with Gasteiger partial charge in [0.1, 0.15) is 23.9 Å². The molecule has 174 valence electrons. The molecule has 5 nitrogen and oxygen atoms in total. The molecule has 0 N–H and O–H groups in total. The van der Waals surface area contributed by atoms with Crippen LogP contribution in [0.5, 0.6) is 11.5 Å². The minimum absolute atomic E-state index is 0.273. The summed E-state index contributed by atoms with van der Waals surface area (Å²) in [5.74, 6) is 1.28. The zero-order valence-corrected chi connectivity index (χ0v) is 19.7. The van der Waals surface area contributed by atoms with Crippen LogP contribution >= 0.6 is 0 Å². The van der Waals surface area contributed by atoms with Gasteiger partial charge in [-0.15, -0.1) is 0 Å². The van der Waals surface area contributed by atoms with Gasteiger partial charge < -0.3 is 18.9 Å². The third-order valence-electron chi connectivity index (χ3n) is 5.68. The average molecular weight is 459 g/mol. The van der Waals surface area contributed by atoms with Gasteiger partial charge in [0.2, 0.25) is 0 Å². The first-order valence-corrected chi connectivity index (χ1v) is 10.9. The quantitative estimate of drug-likeness (QED) is 0.222. The summed E-state index contributed by atoms with van der Waals surface area (Å²) in [6, 6.07) is 24.0. The summed E-state index contributed by atoms with van der Waals surface area (Å²) >= 11 is 0. The summed E-state index contributed by atoms with van der Waals surface area (Å²) in [5, 5.41) is 4.37. The van der Waals surface area contributed by atoms with Gasteiger partial charge in [-0.1, -0.05) is 23.4 Å². The molecular formula is C28H27FN2O3. The van der Waals surface area contributed by atoms with Crippen LogP contribution in [0.25, 0.3) is 16.9 Å². The Morgan fingerprint density at radius 3 is 2.26 bits per heavy atom. The van der Waals surface area contributed by atoms with E-state index in [1.165, 1.54) is 12.1 Å².